The van der Waals surface area contributed by atoms with E-state index in [4.69, 9.17) is 9.47 Å². The second-order valence-electron chi connectivity index (χ2n) is 7.63. The molecule has 0 fully saturated rings. The first-order valence-corrected chi connectivity index (χ1v) is 12.5. The van der Waals surface area contributed by atoms with Crippen LogP contribution in [0.2, 0.25) is 0 Å². The van der Waals surface area contributed by atoms with Crippen LogP contribution in [0.3, 0.4) is 0 Å². The van der Waals surface area contributed by atoms with Crippen LogP contribution in [0, 0.1) is 20.8 Å². The highest BCUT2D eigenvalue weighted by molar-refractivity contribution is 5.81. The molecule has 37 heavy (non-hydrogen) atoms. The Morgan fingerprint density at radius 2 is 1.05 bits per heavy atom. The lowest BCUT2D eigenvalue weighted by atomic mass is 10.1. The Bertz CT molecular complexity index is 1340. The Balaban J connectivity index is 0.000000183. The summed E-state index contributed by atoms with van der Waals surface area (Å²) >= 11 is 0. The number of benzene rings is 3. The van der Waals surface area contributed by atoms with Gasteiger partial charge in [0.25, 0.3) is 0 Å². The van der Waals surface area contributed by atoms with Gasteiger partial charge in [-0.2, -0.15) is 10.2 Å². The Morgan fingerprint density at radius 1 is 0.514 bits per heavy atom. The summed E-state index contributed by atoms with van der Waals surface area (Å²) in [5.74, 6) is 1.56. The molecule has 5 aromatic rings. The van der Waals surface area contributed by atoms with Crippen molar-refractivity contribution in [3.05, 3.63) is 109 Å². The van der Waals surface area contributed by atoms with E-state index in [-0.39, 0.29) is 0 Å². The minimum atomic E-state index is 0.776. The fraction of sp³-hybridized carbons (Fsp3) is 0.226. The lowest BCUT2D eigenvalue weighted by Crippen LogP contribution is -1.95. The van der Waals surface area contributed by atoms with E-state index < -0.39 is 0 Å². The number of rotatable bonds is 0. The lowest BCUT2D eigenvalue weighted by molar-refractivity contribution is 0.361. The zero-order valence-corrected chi connectivity index (χ0v) is 22.8. The fourth-order valence-electron chi connectivity index (χ4n) is 3.19. The first kappa shape index (κ1) is 28.9. The summed E-state index contributed by atoms with van der Waals surface area (Å²) in [5.41, 5.74) is 5.57. The van der Waals surface area contributed by atoms with Gasteiger partial charge in [0.1, 0.15) is 12.5 Å². The summed E-state index contributed by atoms with van der Waals surface area (Å²) in [6.45, 7) is 14.1. The molecule has 0 N–H and O–H groups in total. The van der Waals surface area contributed by atoms with E-state index in [0.29, 0.717) is 0 Å². The first-order chi connectivity index (χ1) is 18.1. The summed E-state index contributed by atoms with van der Waals surface area (Å²) in [6.07, 6.45) is 10.0. The lowest BCUT2D eigenvalue weighted by Gasteiger charge is -2.11. The maximum atomic E-state index is 5.20. The molecule has 6 heteroatoms. The average Bonchev–Trinajstić information content (AvgIpc) is 2.96. The van der Waals surface area contributed by atoms with Crippen LogP contribution in [0.5, 0.6) is 11.5 Å². The number of aryl methyl sites for hydroxylation is 3. The zero-order valence-electron chi connectivity index (χ0n) is 22.8. The quantitative estimate of drug-likeness (QED) is 0.215. The fourth-order valence-corrected chi connectivity index (χ4v) is 3.19. The molecular weight excluding hydrogens is 460 g/mol. The van der Waals surface area contributed by atoms with E-state index >= 15 is 0 Å². The number of nitrogens with zero attached hydrogens (tertiary/aromatic N) is 4. The third-order valence-electron chi connectivity index (χ3n) is 4.87. The number of aromatic nitrogens is 4. The second-order valence-corrected chi connectivity index (χ2v) is 7.63. The van der Waals surface area contributed by atoms with Crippen LogP contribution in [0.15, 0.2) is 91.9 Å². The largest absolute Gasteiger partial charge is 0.458 e. The van der Waals surface area contributed by atoms with Crippen molar-refractivity contribution in [2.75, 3.05) is 0 Å². The van der Waals surface area contributed by atoms with E-state index in [1.807, 2.05) is 77.9 Å². The maximum Gasteiger partial charge on any atom is 0.169 e. The van der Waals surface area contributed by atoms with Crippen LogP contribution >= 0.6 is 0 Å². The molecule has 1 aliphatic heterocycles. The molecule has 1 aliphatic rings. The van der Waals surface area contributed by atoms with E-state index in [1.165, 1.54) is 29.2 Å². The third-order valence-corrected chi connectivity index (χ3v) is 4.87. The van der Waals surface area contributed by atoms with Crippen molar-refractivity contribution in [3.8, 4) is 11.5 Å². The van der Waals surface area contributed by atoms with Gasteiger partial charge >= 0.3 is 0 Å². The Morgan fingerprint density at radius 3 is 1.78 bits per heavy atom. The van der Waals surface area contributed by atoms with E-state index in [0.717, 1.165) is 33.3 Å². The van der Waals surface area contributed by atoms with Gasteiger partial charge in [0.05, 0.1) is 23.4 Å². The summed E-state index contributed by atoms with van der Waals surface area (Å²) in [6, 6.07) is 18.1. The Labute approximate surface area is 220 Å². The first-order valence-electron chi connectivity index (χ1n) is 12.5. The van der Waals surface area contributed by atoms with Crippen LogP contribution in [0.4, 0.5) is 0 Å². The standard InChI is InChI=1S/2C9H8N2.C9H8O2.2C2H6/c1-7-2-3-8-5-10-11-6-9(8)4-7;2*1-7-2-3-8-9(6-7)11-5-4-10-8;2*1-2/h3*2-6H,1H3;2*1-2H3. The average molecular weight is 497 g/mol. The van der Waals surface area contributed by atoms with E-state index in [9.17, 15) is 0 Å². The number of hydrogen-bond donors (Lipinski definition) is 0. The number of ether oxygens (including phenoxy) is 2. The van der Waals surface area contributed by atoms with Crippen LogP contribution < -0.4 is 9.47 Å². The molecule has 6 nitrogen and oxygen atoms in total. The van der Waals surface area contributed by atoms with Crippen molar-refractivity contribution >= 4 is 21.8 Å². The molecule has 0 aliphatic carbocycles. The smallest absolute Gasteiger partial charge is 0.169 e. The van der Waals surface area contributed by atoms with Gasteiger partial charge in [0, 0.05) is 23.2 Å². The summed E-state index contributed by atoms with van der Waals surface area (Å²) < 4.78 is 10.4. The number of hydrogen-bond acceptors (Lipinski definition) is 6. The van der Waals surface area contributed by atoms with Crippen LogP contribution in [0.1, 0.15) is 44.4 Å². The second kappa shape index (κ2) is 15.6. The monoisotopic (exact) mass is 496 g/mol. The van der Waals surface area contributed by atoms with Crippen molar-refractivity contribution in [2.24, 2.45) is 0 Å². The predicted octanol–water partition coefficient (Wildman–Crippen LogP) is 8.17. The molecule has 0 bridgehead atoms. The molecule has 0 amide bonds. The predicted molar refractivity (Wildman–Crippen MR) is 153 cm³/mol. The SMILES string of the molecule is CC.CC.Cc1ccc2c(c1)OC=CO2.Cc1ccc2cnncc2c1.Cc1ccc2nccnc2c1. The summed E-state index contributed by atoms with van der Waals surface area (Å²) in [7, 11) is 0. The Kier molecular flexibility index (Phi) is 12.2. The van der Waals surface area contributed by atoms with Gasteiger partial charge in [-0.25, -0.2) is 0 Å². The minimum absolute atomic E-state index is 0.776. The van der Waals surface area contributed by atoms with Gasteiger partial charge in [0.15, 0.2) is 11.5 Å². The van der Waals surface area contributed by atoms with Gasteiger partial charge in [-0.05, 0) is 62.2 Å². The van der Waals surface area contributed by atoms with Crippen molar-refractivity contribution in [1.82, 2.24) is 20.2 Å². The summed E-state index contributed by atoms with van der Waals surface area (Å²) in [5, 5.41) is 9.89. The molecule has 0 spiro atoms. The molecule has 3 heterocycles. The molecule has 0 saturated carbocycles. The molecule has 0 saturated heterocycles. The van der Waals surface area contributed by atoms with Crippen molar-refractivity contribution < 1.29 is 9.47 Å². The third kappa shape index (κ3) is 9.00. The highest BCUT2D eigenvalue weighted by Gasteiger charge is 2.06. The molecule has 2 aromatic heterocycles. The highest BCUT2D eigenvalue weighted by atomic mass is 16.5. The summed E-state index contributed by atoms with van der Waals surface area (Å²) in [4.78, 5) is 8.34. The van der Waals surface area contributed by atoms with Gasteiger partial charge < -0.3 is 9.47 Å². The molecule has 0 unspecified atom stereocenters. The molecule has 6 rings (SSSR count). The maximum absolute atomic E-state index is 5.20. The minimum Gasteiger partial charge on any atom is -0.458 e. The van der Waals surface area contributed by atoms with E-state index in [2.05, 4.69) is 45.3 Å². The van der Waals surface area contributed by atoms with Crippen molar-refractivity contribution in [2.45, 2.75) is 48.5 Å². The highest BCUT2D eigenvalue weighted by Crippen LogP contribution is 2.30. The van der Waals surface area contributed by atoms with E-state index in [1.54, 1.807) is 24.8 Å². The normalized spacial score (nSPS) is 10.4. The van der Waals surface area contributed by atoms with Crippen LogP contribution in [0.25, 0.3) is 21.8 Å². The topological polar surface area (TPSA) is 70.0 Å². The number of fused-ring (bicyclic) bond motifs is 3. The zero-order chi connectivity index (χ0) is 27.0. The van der Waals surface area contributed by atoms with Gasteiger partial charge in [0.2, 0.25) is 0 Å². The van der Waals surface area contributed by atoms with Crippen LogP contribution in [-0.2, 0) is 0 Å². The van der Waals surface area contributed by atoms with Crippen molar-refractivity contribution in [1.29, 1.82) is 0 Å². The molecule has 192 valence electrons. The van der Waals surface area contributed by atoms with Gasteiger partial charge in [-0.15, -0.1) is 0 Å². The van der Waals surface area contributed by atoms with Crippen LogP contribution in [-0.4, -0.2) is 20.2 Å². The molecule has 0 radical (unpaired) electrons. The molecule has 0 atom stereocenters. The van der Waals surface area contributed by atoms with Gasteiger partial charge in [-0.1, -0.05) is 57.5 Å². The molecule has 3 aromatic carbocycles. The Hall–Kier alpha value is -4.32. The van der Waals surface area contributed by atoms with Crippen molar-refractivity contribution in [3.63, 3.8) is 0 Å². The van der Waals surface area contributed by atoms with Gasteiger partial charge in [-0.3, -0.25) is 9.97 Å². The molecular formula is C31H36N4O2.